The maximum absolute atomic E-state index is 12.3. The third kappa shape index (κ3) is 5.07. The Hall–Kier alpha value is -2.40. The fourth-order valence-corrected chi connectivity index (χ4v) is 2.30. The van der Waals surface area contributed by atoms with Crippen molar-refractivity contribution >= 4 is 29.1 Å². The molecule has 1 atom stereocenters. The summed E-state index contributed by atoms with van der Waals surface area (Å²) in [7, 11) is 0. The van der Waals surface area contributed by atoms with Crippen molar-refractivity contribution in [2.45, 2.75) is 26.3 Å². The largest absolute Gasteiger partial charge is 0.349 e. The summed E-state index contributed by atoms with van der Waals surface area (Å²) in [6.45, 7) is 3.31. The van der Waals surface area contributed by atoms with Gasteiger partial charge in [0.25, 0.3) is 0 Å². The number of anilines is 1. The van der Waals surface area contributed by atoms with Crippen LogP contribution in [-0.2, 0) is 9.59 Å². The van der Waals surface area contributed by atoms with Crippen molar-refractivity contribution in [2.75, 3.05) is 5.32 Å². The van der Waals surface area contributed by atoms with Crippen molar-refractivity contribution in [1.29, 1.82) is 0 Å². The zero-order valence-electron chi connectivity index (χ0n) is 13.0. The number of benzene rings is 1. The summed E-state index contributed by atoms with van der Waals surface area (Å²) in [5, 5.41) is 6.21. The molecule has 0 fully saturated rings. The van der Waals surface area contributed by atoms with E-state index in [1.54, 1.807) is 36.7 Å². The molecule has 2 rings (SSSR count). The van der Waals surface area contributed by atoms with Gasteiger partial charge in [-0.3, -0.25) is 14.6 Å². The van der Waals surface area contributed by atoms with Crippen LogP contribution in [0.4, 0.5) is 5.69 Å². The van der Waals surface area contributed by atoms with Gasteiger partial charge in [0.2, 0.25) is 11.8 Å². The van der Waals surface area contributed by atoms with E-state index in [0.29, 0.717) is 10.7 Å². The average Bonchev–Trinajstić information content (AvgIpc) is 2.49. The van der Waals surface area contributed by atoms with Crippen molar-refractivity contribution in [2.24, 2.45) is 0 Å². The number of hydrogen-bond acceptors (Lipinski definition) is 3. The molecular weight excluding hydrogens is 314 g/mol. The highest BCUT2D eigenvalue weighted by molar-refractivity contribution is 6.30. The van der Waals surface area contributed by atoms with E-state index in [1.165, 1.54) is 6.92 Å². The molecule has 1 heterocycles. The Morgan fingerprint density at radius 1 is 1.22 bits per heavy atom. The summed E-state index contributed by atoms with van der Waals surface area (Å²) in [4.78, 5) is 27.7. The van der Waals surface area contributed by atoms with Crippen molar-refractivity contribution in [3.05, 3.63) is 58.9 Å². The third-order valence-corrected chi connectivity index (χ3v) is 3.60. The SMILES string of the molecule is CC(=O)NC(CC(=O)Nc1cnccc1C)c1ccc(Cl)cc1. The van der Waals surface area contributed by atoms with Crippen LogP contribution in [0.3, 0.4) is 0 Å². The molecule has 5 nitrogen and oxygen atoms in total. The number of nitrogens with one attached hydrogen (secondary N) is 2. The minimum atomic E-state index is -0.415. The smallest absolute Gasteiger partial charge is 0.226 e. The van der Waals surface area contributed by atoms with Gasteiger partial charge in [0, 0.05) is 18.1 Å². The Bertz CT molecular complexity index is 701. The molecule has 6 heteroatoms. The second-order valence-electron chi connectivity index (χ2n) is 5.25. The minimum Gasteiger partial charge on any atom is -0.349 e. The van der Waals surface area contributed by atoms with Gasteiger partial charge in [0.05, 0.1) is 24.3 Å². The Kier molecular flexibility index (Phi) is 5.71. The molecule has 0 bridgehead atoms. The Morgan fingerprint density at radius 2 is 1.91 bits per heavy atom. The van der Waals surface area contributed by atoms with Gasteiger partial charge in [-0.15, -0.1) is 0 Å². The lowest BCUT2D eigenvalue weighted by molar-refractivity contribution is -0.120. The highest BCUT2D eigenvalue weighted by Gasteiger charge is 2.17. The number of hydrogen-bond donors (Lipinski definition) is 2. The molecule has 1 aromatic carbocycles. The summed E-state index contributed by atoms with van der Waals surface area (Å²) in [6.07, 6.45) is 3.39. The van der Waals surface area contributed by atoms with E-state index in [9.17, 15) is 9.59 Å². The summed E-state index contributed by atoms with van der Waals surface area (Å²) >= 11 is 5.88. The van der Waals surface area contributed by atoms with E-state index in [0.717, 1.165) is 11.1 Å². The standard InChI is InChI=1S/C17H18ClN3O2/c1-11-7-8-19-10-16(11)21-17(23)9-15(20-12(2)22)13-3-5-14(18)6-4-13/h3-8,10,15H,9H2,1-2H3,(H,20,22)(H,21,23). The zero-order chi connectivity index (χ0) is 16.8. The summed E-state index contributed by atoms with van der Waals surface area (Å²) in [5.41, 5.74) is 2.41. The van der Waals surface area contributed by atoms with E-state index >= 15 is 0 Å². The molecule has 2 amide bonds. The quantitative estimate of drug-likeness (QED) is 0.883. The monoisotopic (exact) mass is 331 g/mol. The van der Waals surface area contributed by atoms with Crippen molar-refractivity contribution < 1.29 is 9.59 Å². The van der Waals surface area contributed by atoms with Crippen LogP contribution in [0.1, 0.15) is 30.5 Å². The molecule has 0 spiro atoms. The van der Waals surface area contributed by atoms with E-state index in [2.05, 4.69) is 15.6 Å². The number of pyridine rings is 1. The second-order valence-corrected chi connectivity index (χ2v) is 5.68. The van der Waals surface area contributed by atoms with E-state index in [4.69, 9.17) is 11.6 Å². The van der Waals surface area contributed by atoms with E-state index in [-0.39, 0.29) is 18.2 Å². The zero-order valence-corrected chi connectivity index (χ0v) is 13.7. The number of aryl methyl sites for hydroxylation is 1. The molecule has 0 saturated carbocycles. The first-order chi connectivity index (χ1) is 11.0. The number of aromatic nitrogens is 1. The Labute approximate surface area is 140 Å². The van der Waals surface area contributed by atoms with Crippen LogP contribution in [0.25, 0.3) is 0 Å². The van der Waals surface area contributed by atoms with Gasteiger partial charge in [0.1, 0.15) is 0 Å². The van der Waals surface area contributed by atoms with Crippen molar-refractivity contribution in [3.63, 3.8) is 0 Å². The molecule has 1 aromatic heterocycles. The first-order valence-electron chi connectivity index (χ1n) is 7.18. The molecule has 2 N–H and O–H groups in total. The Balaban J connectivity index is 2.11. The van der Waals surface area contributed by atoms with Crippen molar-refractivity contribution in [3.8, 4) is 0 Å². The van der Waals surface area contributed by atoms with Crippen LogP contribution in [0.2, 0.25) is 5.02 Å². The fraction of sp³-hybridized carbons (Fsp3) is 0.235. The number of carbonyl (C=O) groups is 2. The van der Waals surface area contributed by atoms with Gasteiger partial charge in [-0.25, -0.2) is 0 Å². The third-order valence-electron chi connectivity index (χ3n) is 3.35. The molecule has 0 aliphatic carbocycles. The van der Waals surface area contributed by atoms with Crippen molar-refractivity contribution in [1.82, 2.24) is 10.3 Å². The number of carbonyl (C=O) groups excluding carboxylic acids is 2. The lowest BCUT2D eigenvalue weighted by atomic mass is 10.0. The lowest BCUT2D eigenvalue weighted by Gasteiger charge is -2.18. The topological polar surface area (TPSA) is 71.1 Å². The maximum Gasteiger partial charge on any atom is 0.226 e. The van der Waals surface area contributed by atoms with E-state index in [1.807, 2.05) is 13.0 Å². The van der Waals surface area contributed by atoms with Crippen LogP contribution in [-0.4, -0.2) is 16.8 Å². The molecule has 2 aromatic rings. The molecule has 0 saturated heterocycles. The highest BCUT2D eigenvalue weighted by atomic mass is 35.5. The summed E-state index contributed by atoms with van der Waals surface area (Å²) in [6, 6.07) is 8.46. The van der Waals surface area contributed by atoms with Gasteiger partial charge in [0.15, 0.2) is 0 Å². The highest BCUT2D eigenvalue weighted by Crippen LogP contribution is 2.21. The van der Waals surface area contributed by atoms with Crippen LogP contribution < -0.4 is 10.6 Å². The number of rotatable bonds is 5. The number of nitrogens with zero attached hydrogens (tertiary/aromatic N) is 1. The fourth-order valence-electron chi connectivity index (χ4n) is 2.17. The molecule has 120 valence electrons. The number of halogens is 1. The molecule has 0 radical (unpaired) electrons. The molecular formula is C17H18ClN3O2. The van der Waals surface area contributed by atoms with Gasteiger partial charge >= 0.3 is 0 Å². The maximum atomic E-state index is 12.3. The molecule has 23 heavy (non-hydrogen) atoms. The van der Waals surface area contributed by atoms with Gasteiger partial charge < -0.3 is 10.6 Å². The van der Waals surface area contributed by atoms with Crippen LogP contribution in [0.15, 0.2) is 42.7 Å². The summed E-state index contributed by atoms with van der Waals surface area (Å²) < 4.78 is 0. The number of amides is 2. The van der Waals surface area contributed by atoms with Gasteiger partial charge in [-0.2, -0.15) is 0 Å². The molecule has 0 aliphatic heterocycles. The van der Waals surface area contributed by atoms with Gasteiger partial charge in [-0.1, -0.05) is 23.7 Å². The molecule has 0 aliphatic rings. The predicted molar refractivity (Wildman–Crippen MR) is 90.2 cm³/mol. The normalized spacial score (nSPS) is 11.6. The van der Waals surface area contributed by atoms with Crippen LogP contribution >= 0.6 is 11.6 Å². The summed E-state index contributed by atoms with van der Waals surface area (Å²) in [5.74, 6) is -0.398. The minimum absolute atomic E-state index is 0.121. The van der Waals surface area contributed by atoms with Crippen LogP contribution in [0.5, 0.6) is 0 Å². The lowest BCUT2D eigenvalue weighted by Crippen LogP contribution is -2.29. The first-order valence-corrected chi connectivity index (χ1v) is 7.56. The second kappa shape index (κ2) is 7.74. The Morgan fingerprint density at radius 3 is 2.52 bits per heavy atom. The van der Waals surface area contributed by atoms with Gasteiger partial charge in [-0.05, 0) is 36.2 Å². The predicted octanol–water partition coefficient (Wildman–Crippen LogP) is 3.25. The first kappa shape index (κ1) is 17.0. The van der Waals surface area contributed by atoms with Crippen LogP contribution in [0, 0.1) is 6.92 Å². The average molecular weight is 332 g/mol. The van der Waals surface area contributed by atoms with E-state index < -0.39 is 6.04 Å². The molecule has 1 unspecified atom stereocenters.